The summed E-state index contributed by atoms with van der Waals surface area (Å²) in [6.07, 6.45) is 0.124. The second kappa shape index (κ2) is 7.74. The van der Waals surface area contributed by atoms with E-state index < -0.39 is 5.60 Å². The predicted octanol–water partition coefficient (Wildman–Crippen LogP) is 5.03. The van der Waals surface area contributed by atoms with E-state index in [4.69, 9.17) is 4.74 Å². The number of anilines is 1. The molecule has 1 amide bonds. The molecule has 21 heavy (non-hydrogen) atoms. The van der Waals surface area contributed by atoms with Gasteiger partial charge in [-0.3, -0.25) is 9.59 Å². The number of esters is 1. The lowest BCUT2D eigenvalue weighted by Gasteiger charge is -2.19. The predicted molar refractivity (Wildman–Crippen MR) is 93.3 cm³/mol. The Hall–Kier alpha value is -0.400. The van der Waals surface area contributed by atoms with Gasteiger partial charge >= 0.3 is 5.97 Å². The molecule has 1 rings (SSSR count). The average molecular weight is 486 g/mol. The molecule has 0 spiro atoms. The molecular formula is C14H16Br3NO3. The summed E-state index contributed by atoms with van der Waals surface area (Å²) in [5, 5.41) is 2.76. The first kappa shape index (κ1) is 18.6. The molecule has 4 nitrogen and oxygen atoms in total. The number of hydrogen-bond acceptors (Lipinski definition) is 3. The lowest BCUT2D eigenvalue weighted by Crippen LogP contribution is -2.24. The molecular weight excluding hydrogens is 470 g/mol. The van der Waals surface area contributed by atoms with Crippen LogP contribution in [0.1, 0.15) is 33.6 Å². The fourth-order valence-electron chi connectivity index (χ4n) is 1.47. The second-order valence-corrected chi connectivity index (χ2v) is 8.00. The van der Waals surface area contributed by atoms with Crippen molar-refractivity contribution >= 4 is 65.4 Å². The summed E-state index contributed by atoms with van der Waals surface area (Å²) in [5.74, 6) is -0.629. The smallest absolute Gasteiger partial charge is 0.306 e. The van der Waals surface area contributed by atoms with Crippen LogP contribution in [0.15, 0.2) is 25.6 Å². The number of carbonyl (C=O) groups excluding carboxylic acids is 2. The van der Waals surface area contributed by atoms with Crippen LogP contribution in [0.25, 0.3) is 0 Å². The van der Waals surface area contributed by atoms with E-state index in [9.17, 15) is 9.59 Å². The van der Waals surface area contributed by atoms with Crippen LogP contribution in [0.4, 0.5) is 5.69 Å². The standard InChI is InChI=1S/C14H16Br3NO3/c1-14(2,3)21-12(20)5-4-11(19)18-13-9(16)6-8(15)7-10(13)17/h6-7H,4-5H2,1-3H3,(H,18,19). The van der Waals surface area contributed by atoms with Gasteiger partial charge in [-0.15, -0.1) is 0 Å². The third kappa shape index (κ3) is 6.93. The highest BCUT2D eigenvalue weighted by molar-refractivity contribution is 9.11. The first-order valence-corrected chi connectivity index (χ1v) is 8.62. The molecule has 0 aliphatic heterocycles. The Kier molecular flexibility index (Phi) is 6.87. The van der Waals surface area contributed by atoms with Gasteiger partial charge in [0.1, 0.15) is 5.60 Å². The van der Waals surface area contributed by atoms with Crippen molar-refractivity contribution in [2.45, 2.75) is 39.2 Å². The van der Waals surface area contributed by atoms with Gasteiger partial charge in [0.25, 0.3) is 0 Å². The molecule has 1 aromatic carbocycles. The minimum Gasteiger partial charge on any atom is -0.460 e. The molecule has 0 aliphatic rings. The van der Waals surface area contributed by atoms with Crippen molar-refractivity contribution in [3.8, 4) is 0 Å². The highest BCUT2D eigenvalue weighted by Gasteiger charge is 2.17. The Bertz CT molecular complexity index is 530. The van der Waals surface area contributed by atoms with Crippen LogP contribution in [0, 0.1) is 0 Å². The summed E-state index contributed by atoms with van der Waals surface area (Å²) in [6.45, 7) is 5.38. The van der Waals surface area contributed by atoms with Crippen LogP contribution in [-0.4, -0.2) is 17.5 Å². The molecule has 0 bridgehead atoms. The van der Waals surface area contributed by atoms with Gasteiger partial charge in [0.05, 0.1) is 12.1 Å². The highest BCUT2D eigenvalue weighted by atomic mass is 79.9. The summed E-state index contributed by atoms with van der Waals surface area (Å²) in [5.41, 5.74) is 0.0955. The third-order valence-corrected chi connectivity index (χ3v) is 3.96. The van der Waals surface area contributed by atoms with Crippen molar-refractivity contribution in [3.63, 3.8) is 0 Å². The van der Waals surface area contributed by atoms with Gasteiger partial charge in [0, 0.05) is 19.8 Å². The zero-order valence-electron chi connectivity index (χ0n) is 11.9. The van der Waals surface area contributed by atoms with E-state index in [-0.39, 0.29) is 24.7 Å². The third-order valence-electron chi connectivity index (χ3n) is 2.25. The van der Waals surface area contributed by atoms with Crippen molar-refractivity contribution < 1.29 is 14.3 Å². The van der Waals surface area contributed by atoms with Gasteiger partial charge in [-0.05, 0) is 64.8 Å². The Morgan fingerprint density at radius 1 is 1.10 bits per heavy atom. The summed E-state index contributed by atoms with van der Waals surface area (Å²) in [4.78, 5) is 23.5. The van der Waals surface area contributed by atoms with E-state index in [0.29, 0.717) is 5.69 Å². The topological polar surface area (TPSA) is 55.4 Å². The minimum atomic E-state index is -0.536. The molecule has 0 aliphatic carbocycles. The van der Waals surface area contributed by atoms with Crippen LogP contribution >= 0.6 is 47.8 Å². The number of rotatable bonds is 4. The number of ether oxygens (including phenoxy) is 1. The number of halogens is 3. The first-order chi connectivity index (χ1) is 9.58. The monoisotopic (exact) mass is 483 g/mol. The number of benzene rings is 1. The van der Waals surface area contributed by atoms with E-state index in [2.05, 4.69) is 53.1 Å². The summed E-state index contributed by atoms with van der Waals surface area (Å²) in [7, 11) is 0. The molecule has 0 fully saturated rings. The van der Waals surface area contributed by atoms with Crippen molar-refractivity contribution in [1.29, 1.82) is 0 Å². The number of nitrogens with one attached hydrogen (secondary N) is 1. The molecule has 0 unspecified atom stereocenters. The van der Waals surface area contributed by atoms with Gasteiger partial charge < -0.3 is 10.1 Å². The first-order valence-electron chi connectivity index (χ1n) is 6.25. The van der Waals surface area contributed by atoms with E-state index in [1.807, 2.05) is 12.1 Å². The van der Waals surface area contributed by atoms with Crippen molar-refractivity contribution in [3.05, 3.63) is 25.6 Å². The van der Waals surface area contributed by atoms with Crippen LogP contribution in [0.5, 0.6) is 0 Å². The zero-order chi connectivity index (χ0) is 16.2. The fraction of sp³-hybridized carbons (Fsp3) is 0.429. The van der Waals surface area contributed by atoms with Crippen LogP contribution in [0.2, 0.25) is 0 Å². The van der Waals surface area contributed by atoms with E-state index in [1.165, 1.54) is 0 Å². The maximum Gasteiger partial charge on any atom is 0.306 e. The number of carbonyl (C=O) groups is 2. The molecule has 1 N–H and O–H groups in total. The zero-order valence-corrected chi connectivity index (χ0v) is 16.7. The summed E-state index contributed by atoms with van der Waals surface area (Å²) in [6, 6.07) is 3.66. The molecule has 0 radical (unpaired) electrons. The van der Waals surface area contributed by atoms with E-state index in [1.54, 1.807) is 20.8 Å². The van der Waals surface area contributed by atoms with E-state index >= 15 is 0 Å². The molecule has 116 valence electrons. The lowest BCUT2D eigenvalue weighted by atomic mass is 10.2. The van der Waals surface area contributed by atoms with E-state index in [0.717, 1.165) is 13.4 Å². The van der Waals surface area contributed by atoms with Crippen LogP contribution in [0.3, 0.4) is 0 Å². The van der Waals surface area contributed by atoms with Crippen LogP contribution < -0.4 is 5.32 Å². The summed E-state index contributed by atoms with van der Waals surface area (Å²) >= 11 is 10.1. The number of amides is 1. The number of hydrogen-bond donors (Lipinski definition) is 1. The van der Waals surface area contributed by atoms with Crippen molar-refractivity contribution in [2.24, 2.45) is 0 Å². The lowest BCUT2D eigenvalue weighted by molar-refractivity contribution is -0.155. The SMILES string of the molecule is CC(C)(C)OC(=O)CCC(=O)Nc1c(Br)cc(Br)cc1Br. The molecule has 1 aromatic rings. The maximum atomic E-state index is 11.9. The molecule has 0 heterocycles. The maximum absolute atomic E-state index is 11.9. The molecule has 0 saturated carbocycles. The Morgan fingerprint density at radius 3 is 2.10 bits per heavy atom. The Labute approximate surface area is 149 Å². The van der Waals surface area contributed by atoms with Crippen LogP contribution in [-0.2, 0) is 14.3 Å². The fourth-order valence-corrected chi connectivity index (χ4v) is 3.93. The molecule has 0 atom stereocenters. The molecule has 0 aromatic heterocycles. The van der Waals surface area contributed by atoms with Gasteiger partial charge in [-0.1, -0.05) is 15.9 Å². The van der Waals surface area contributed by atoms with Crippen molar-refractivity contribution in [1.82, 2.24) is 0 Å². The Morgan fingerprint density at radius 2 is 1.62 bits per heavy atom. The quantitative estimate of drug-likeness (QED) is 0.608. The highest BCUT2D eigenvalue weighted by Crippen LogP contribution is 2.34. The van der Waals surface area contributed by atoms with Gasteiger partial charge in [-0.25, -0.2) is 0 Å². The molecule has 7 heteroatoms. The van der Waals surface area contributed by atoms with Gasteiger partial charge in [0.15, 0.2) is 0 Å². The van der Waals surface area contributed by atoms with Crippen molar-refractivity contribution in [2.75, 3.05) is 5.32 Å². The van der Waals surface area contributed by atoms with Gasteiger partial charge in [0.2, 0.25) is 5.91 Å². The summed E-state index contributed by atoms with van der Waals surface area (Å²) < 4.78 is 7.53. The molecule has 0 saturated heterocycles. The second-order valence-electron chi connectivity index (χ2n) is 5.38. The Balaban J connectivity index is 2.57. The average Bonchev–Trinajstić information content (AvgIpc) is 2.29. The largest absolute Gasteiger partial charge is 0.460 e. The minimum absolute atomic E-state index is 0.0505. The van der Waals surface area contributed by atoms with Gasteiger partial charge in [-0.2, -0.15) is 0 Å². The normalized spacial score (nSPS) is 11.1.